The second-order valence-electron chi connectivity index (χ2n) is 6.83. The van der Waals surface area contributed by atoms with Gasteiger partial charge in [-0.15, -0.1) is 0 Å². The summed E-state index contributed by atoms with van der Waals surface area (Å²) in [5, 5.41) is 3.54. The Morgan fingerprint density at radius 1 is 1.37 bits per heavy atom. The summed E-state index contributed by atoms with van der Waals surface area (Å²) < 4.78 is 0. The van der Waals surface area contributed by atoms with E-state index in [9.17, 15) is 0 Å². The molecule has 3 nitrogen and oxygen atoms in total. The van der Waals surface area contributed by atoms with E-state index in [0.29, 0.717) is 5.41 Å². The lowest BCUT2D eigenvalue weighted by Crippen LogP contribution is -2.40. The molecular formula is C16H25N3. The molecule has 2 aliphatic rings. The van der Waals surface area contributed by atoms with Crippen LogP contribution in [0.3, 0.4) is 0 Å². The van der Waals surface area contributed by atoms with Crippen molar-refractivity contribution in [3.05, 3.63) is 23.9 Å². The van der Waals surface area contributed by atoms with Gasteiger partial charge in [0.15, 0.2) is 0 Å². The Labute approximate surface area is 116 Å². The molecule has 0 aromatic carbocycles. The molecular weight excluding hydrogens is 234 g/mol. The van der Waals surface area contributed by atoms with Crippen LogP contribution in [-0.4, -0.2) is 24.1 Å². The zero-order chi connectivity index (χ0) is 13.3. The van der Waals surface area contributed by atoms with Crippen molar-refractivity contribution in [1.82, 2.24) is 10.3 Å². The molecule has 0 amide bonds. The molecule has 1 N–H and O–H groups in total. The van der Waals surface area contributed by atoms with Crippen LogP contribution in [0.2, 0.25) is 0 Å². The summed E-state index contributed by atoms with van der Waals surface area (Å²) in [6, 6.07) is 7.18. The third-order valence-electron chi connectivity index (χ3n) is 4.17. The summed E-state index contributed by atoms with van der Waals surface area (Å²) in [4.78, 5) is 7.27. The summed E-state index contributed by atoms with van der Waals surface area (Å²) in [6.07, 6.45) is 5.27. The van der Waals surface area contributed by atoms with Gasteiger partial charge in [-0.1, -0.05) is 19.9 Å². The molecule has 1 saturated heterocycles. The number of pyridine rings is 1. The Morgan fingerprint density at radius 3 is 2.95 bits per heavy atom. The van der Waals surface area contributed by atoms with Crippen molar-refractivity contribution in [3.8, 4) is 0 Å². The molecule has 1 aromatic rings. The fourth-order valence-electron chi connectivity index (χ4n) is 2.90. The minimum atomic E-state index is 0.419. The second-order valence-corrected chi connectivity index (χ2v) is 6.83. The van der Waals surface area contributed by atoms with Gasteiger partial charge in [-0.05, 0) is 43.2 Å². The van der Waals surface area contributed by atoms with Crippen LogP contribution in [0.1, 0.15) is 45.2 Å². The number of aromatic nitrogens is 1. The summed E-state index contributed by atoms with van der Waals surface area (Å²) in [5.74, 6) is 1.16. The minimum Gasteiger partial charge on any atom is -0.356 e. The van der Waals surface area contributed by atoms with Gasteiger partial charge in [0.25, 0.3) is 0 Å². The zero-order valence-electron chi connectivity index (χ0n) is 12.2. The van der Waals surface area contributed by atoms with Gasteiger partial charge < -0.3 is 10.2 Å². The van der Waals surface area contributed by atoms with E-state index < -0.39 is 0 Å². The molecule has 2 heterocycles. The summed E-state index contributed by atoms with van der Waals surface area (Å²) >= 11 is 0. The van der Waals surface area contributed by atoms with E-state index in [1.807, 2.05) is 0 Å². The first kappa shape index (κ1) is 12.9. The van der Waals surface area contributed by atoms with E-state index in [1.54, 1.807) is 0 Å². The quantitative estimate of drug-likeness (QED) is 0.901. The molecule has 3 heteroatoms. The highest BCUT2D eigenvalue weighted by Crippen LogP contribution is 2.30. The lowest BCUT2D eigenvalue weighted by Gasteiger charge is -2.38. The molecule has 0 unspecified atom stereocenters. The topological polar surface area (TPSA) is 28.2 Å². The van der Waals surface area contributed by atoms with E-state index in [2.05, 4.69) is 42.3 Å². The Morgan fingerprint density at radius 2 is 2.21 bits per heavy atom. The highest BCUT2D eigenvalue weighted by molar-refractivity contribution is 5.40. The van der Waals surface area contributed by atoms with E-state index >= 15 is 0 Å². The molecule has 2 fully saturated rings. The fourth-order valence-corrected chi connectivity index (χ4v) is 2.90. The molecule has 1 aromatic heterocycles. The average molecular weight is 259 g/mol. The van der Waals surface area contributed by atoms with E-state index in [4.69, 9.17) is 4.98 Å². The normalized spacial score (nSPS) is 22.5. The van der Waals surface area contributed by atoms with Crippen LogP contribution in [0.25, 0.3) is 0 Å². The fraction of sp³-hybridized carbons (Fsp3) is 0.688. The molecule has 3 rings (SSSR count). The predicted octanol–water partition coefficient (Wildman–Crippen LogP) is 2.96. The highest BCUT2D eigenvalue weighted by Gasteiger charge is 2.27. The molecule has 0 bridgehead atoms. The Kier molecular flexibility index (Phi) is 3.48. The van der Waals surface area contributed by atoms with Crippen LogP contribution >= 0.6 is 0 Å². The van der Waals surface area contributed by atoms with E-state index in [0.717, 1.165) is 31.5 Å². The van der Waals surface area contributed by atoms with Crippen LogP contribution in [0, 0.1) is 5.41 Å². The number of hydrogen-bond acceptors (Lipinski definition) is 3. The minimum absolute atomic E-state index is 0.419. The van der Waals surface area contributed by atoms with Gasteiger partial charge in [-0.25, -0.2) is 4.98 Å². The summed E-state index contributed by atoms with van der Waals surface area (Å²) in [5.41, 5.74) is 1.59. The van der Waals surface area contributed by atoms with Crippen molar-refractivity contribution >= 4 is 5.82 Å². The third-order valence-corrected chi connectivity index (χ3v) is 4.17. The zero-order valence-corrected chi connectivity index (χ0v) is 12.2. The van der Waals surface area contributed by atoms with E-state index in [1.165, 1.54) is 31.4 Å². The first-order valence-electron chi connectivity index (χ1n) is 7.57. The molecule has 0 spiro atoms. The average Bonchev–Trinajstić information content (AvgIpc) is 3.20. The van der Waals surface area contributed by atoms with Crippen molar-refractivity contribution in [1.29, 1.82) is 0 Å². The van der Waals surface area contributed by atoms with Crippen molar-refractivity contribution in [2.24, 2.45) is 5.41 Å². The molecule has 19 heavy (non-hydrogen) atoms. The van der Waals surface area contributed by atoms with Gasteiger partial charge in [0.1, 0.15) is 5.82 Å². The highest BCUT2D eigenvalue weighted by atomic mass is 15.2. The van der Waals surface area contributed by atoms with Crippen LogP contribution in [0.15, 0.2) is 18.2 Å². The van der Waals surface area contributed by atoms with E-state index in [-0.39, 0.29) is 0 Å². The molecule has 1 saturated carbocycles. The Bertz CT molecular complexity index is 437. The standard InChI is InChI=1S/C16H25N3/c1-16(2)9-4-10-19(12-16)15-6-3-5-14(18-15)11-17-13-7-8-13/h3,5-6,13,17H,4,7-12H2,1-2H3. The summed E-state index contributed by atoms with van der Waals surface area (Å²) in [6.45, 7) is 7.90. The van der Waals surface area contributed by atoms with Crippen LogP contribution in [-0.2, 0) is 6.54 Å². The van der Waals surface area contributed by atoms with Gasteiger partial charge >= 0.3 is 0 Å². The molecule has 0 radical (unpaired) electrons. The lowest BCUT2D eigenvalue weighted by atomic mass is 9.84. The van der Waals surface area contributed by atoms with Gasteiger partial charge in [0.05, 0.1) is 5.69 Å². The van der Waals surface area contributed by atoms with Crippen LogP contribution < -0.4 is 10.2 Å². The number of nitrogens with zero attached hydrogens (tertiary/aromatic N) is 2. The number of rotatable bonds is 4. The molecule has 1 aliphatic heterocycles. The van der Waals surface area contributed by atoms with Crippen LogP contribution in [0.5, 0.6) is 0 Å². The maximum Gasteiger partial charge on any atom is 0.128 e. The molecule has 1 aliphatic carbocycles. The van der Waals surface area contributed by atoms with Crippen molar-refractivity contribution < 1.29 is 0 Å². The first-order valence-corrected chi connectivity index (χ1v) is 7.57. The molecule has 104 valence electrons. The SMILES string of the molecule is CC1(C)CCCN(c2cccc(CNC3CC3)n2)C1. The number of piperidine rings is 1. The van der Waals surface area contributed by atoms with Crippen LogP contribution in [0.4, 0.5) is 5.82 Å². The monoisotopic (exact) mass is 259 g/mol. The van der Waals surface area contributed by atoms with Gasteiger partial charge in [-0.3, -0.25) is 0 Å². The van der Waals surface area contributed by atoms with Crippen molar-refractivity contribution in [3.63, 3.8) is 0 Å². The number of anilines is 1. The van der Waals surface area contributed by atoms with Crippen molar-refractivity contribution in [2.75, 3.05) is 18.0 Å². The van der Waals surface area contributed by atoms with Gasteiger partial charge in [0, 0.05) is 25.7 Å². The third kappa shape index (κ3) is 3.47. The van der Waals surface area contributed by atoms with Gasteiger partial charge in [-0.2, -0.15) is 0 Å². The largest absolute Gasteiger partial charge is 0.356 e. The predicted molar refractivity (Wildman–Crippen MR) is 79.3 cm³/mol. The number of hydrogen-bond donors (Lipinski definition) is 1. The van der Waals surface area contributed by atoms with Gasteiger partial charge in [0.2, 0.25) is 0 Å². The second kappa shape index (κ2) is 5.12. The molecule has 0 atom stereocenters. The maximum atomic E-state index is 4.83. The summed E-state index contributed by atoms with van der Waals surface area (Å²) in [7, 11) is 0. The lowest BCUT2D eigenvalue weighted by molar-refractivity contribution is 0.292. The Balaban J connectivity index is 1.67. The van der Waals surface area contributed by atoms with Crippen molar-refractivity contribution in [2.45, 2.75) is 52.1 Å². The maximum absolute atomic E-state index is 4.83. The first-order chi connectivity index (χ1) is 9.12. The number of nitrogens with one attached hydrogen (secondary N) is 1. The Hall–Kier alpha value is -1.09. The smallest absolute Gasteiger partial charge is 0.128 e.